The summed E-state index contributed by atoms with van der Waals surface area (Å²) in [4.78, 5) is 30.5. The van der Waals surface area contributed by atoms with Gasteiger partial charge in [-0.1, -0.05) is 17.4 Å². The van der Waals surface area contributed by atoms with Crippen molar-refractivity contribution in [2.75, 3.05) is 17.8 Å². The van der Waals surface area contributed by atoms with Gasteiger partial charge in [0.1, 0.15) is 5.82 Å². The SMILES string of the molecule is Cc1ccc(NS(=O)(=O)c2ccc3c(c2)sc(=O)n3CCC(=O)N2CCCC2)nc1. The van der Waals surface area contributed by atoms with Gasteiger partial charge in [0.05, 0.1) is 15.1 Å². The molecule has 0 radical (unpaired) electrons. The summed E-state index contributed by atoms with van der Waals surface area (Å²) < 4.78 is 30.0. The molecule has 0 unspecified atom stereocenters. The Labute approximate surface area is 178 Å². The fourth-order valence-corrected chi connectivity index (χ4v) is 5.55. The van der Waals surface area contributed by atoms with Crippen molar-refractivity contribution in [3.63, 3.8) is 0 Å². The van der Waals surface area contributed by atoms with E-state index < -0.39 is 10.0 Å². The summed E-state index contributed by atoms with van der Waals surface area (Å²) >= 11 is 0.976. The van der Waals surface area contributed by atoms with E-state index in [1.54, 1.807) is 29.0 Å². The van der Waals surface area contributed by atoms with Crippen molar-refractivity contribution in [2.24, 2.45) is 0 Å². The van der Waals surface area contributed by atoms with Gasteiger partial charge in [-0.3, -0.25) is 18.9 Å². The van der Waals surface area contributed by atoms with Crippen LogP contribution in [0.2, 0.25) is 0 Å². The van der Waals surface area contributed by atoms with E-state index in [2.05, 4.69) is 9.71 Å². The number of fused-ring (bicyclic) bond motifs is 1. The van der Waals surface area contributed by atoms with Crippen LogP contribution >= 0.6 is 11.3 Å². The maximum absolute atomic E-state index is 12.7. The summed E-state index contributed by atoms with van der Waals surface area (Å²) in [6.07, 6.45) is 3.88. The molecule has 1 aliphatic heterocycles. The molecule has 1 N–H and O–H groups in total. The molecular weight excluding hydrogens is 424 g/mol. The molecule has 1 amide bonds. The number of hydrogen-bond acceptors (Lipinski definition) is 6. The Morgan fingerprint density at radius 2 is 1.97 bits per heavy atom. The van der Waals surface area contributed by atoms with Gasteiger partial charge in [-0.05, 0) is 49.6 Å². The monoisotopic (exact) mass is 446 g/mol. The lowest BCUT2D eigenvalue weighted by molar-refractivity contribution is -0.130. The van der Waals surface area contributed by atoms with Crippen molar-refractivity contribution >= 4 is 43.3 Å². The predicted molar refractivity (Wildman–Crippen MR) is 116 cm³/mol. The summed E-state index contributed by atoms with van der Waals surface area (Å²) in [5, 5.41) is 0. The van der Waals surface area contributed by atoms with Crippen LogP contribution in [-0.2, 0) is 21.4 Å². The standard InChI is InChI=1S/C20H22N4O4S2/c1-14-4-7-18(21-13-14)22-30(27,28)15-5-6-16-17(12-15)29-20(26)24(16)11-8-19(25)23-9-2-3-10-23/h4-7,12-13H,2-3,8-11H2,1H3,(H,21,22). The van der Waals surface area contributed by atoms with E-state index in [0.29, 0.717) is 10.2 Å². The number of aryl methyl sites for hydroxylation is 2. The number of nitrogens with zero attached hydrogens (tertiary/aromatic N) is 3. The normalized spacial score (nSPS) is 14.4. The largest absolute Gasteiger partial charge is 0.343 e. The molecule has 2 aromatic heterocycles. The molecule has 1 saturated heterocycles. The molecule has 158 valence electrons. The first-order chi connectivity index (χ1) is 14.3. The van der Waals surface area contributed by atoms with Crippen molar-refractivity contribution in [2.45, 2.75) is 37.6 Å². The minimum absolute atomic E-state index is 0.0488. The fraction of sp³-hybridized carbons (Fsp3) is 0.350. The van der Waals surface area contributed by atoms with Crippen LogP contribution in [0.3, 0.4) is 0 Å². The summed E-state index contributed by atoms with van der Waals surface area (Å²) in [6, 6.07) is 7.92. The lowest BCUT2D eigenvalue weighted by Gasteiger charge is -2.15. The number of aromatic nitrogens is 2. The van der Waals surface area contributed by atoms with Crippen LogP contribution in [0.1, 0.15) is 24.8 Å². The van der Waals surface area contributed by atoms with E-state index in [9.17, 15) is 18.0 Å². The number of benzene rings is 1. The molecule has 1 aromatic carbocycles. The molecule has 0 aliphatic carbocycles. The number of carbonyl (C=O) groups is 1. The minimum atomic E-state index is -3.84. The highest BCUT2D eigenvalue weighted by Gasteiger charge is 2.20. The van der Waals surface area contributed by atoms with Gasteiger partial charge in [0, 0.05) is 32.3 Å². The molecule has 10 heteroatoms. The van der Waals surface area contributed by atoms with Gasteiger partial charge in [-0.2, -0.15) is 0 Å². The molecule has 0 saturated carbocycles. The summed E-state index contributed by atoms with van der Waals surface area (Å²) in [5.74, 6) is 0.277. The number of nitrogens with one attached hydrogen (secondary N) is 1. The molecule has 8 nitrogen and oxygen atoms in total. The van der Waals surface area contributed by atoms with Crippen LogP contribution in [0, 0.1) is 6.92 Å². The Hall–Kier alpha value is -2.72. The second-order valence-electron chi connectivity index (χ2n) is 7.31. The highest BCUT2D eigenvalue weighted by molar-refractivity contribution is 7.92. The zero-order chi connectivity index (χ0) is 21.3. The van der Waals surface area contributed by atoms with Crippen molar-refractivity contribution in [3.05, 3.63) is 51.8 Å². The number of pyridine rings is 1. The van der Waals surface area contributed by atoms with Gasteiger partial charge in [0.2, 0.25) is 5.91 Å². The van der Waals surface area contributed by atoms with Crippen molar-refractivity contribution < 1.29 is 13.2 Å². The van der Waals surface area contributed by atoms with Gasteiger partial charge in [-0.15, -0.1) is 0 Å². The lowest BCUT2D eigenvalue weighted by Crippen LogP contribution is -2.29. The minimum Gasteiger partial charge on any atom is -0.343 e. The third-order valence-electron chi connectivity index (χ3n) is 5.11. The van der Waals surface area contributed by atoms with E-state index in [1.807, 2.05) is 11.8 Å². The van der Waals surface area contributed by atoms with Crippen molar-refractivity contribution in [3.8, 4) is 0 Å². The first-order valence-electron chi connectivity index (χ1n) is 9.70. The maximum Gasteiger partial charge on any atom is 0.308 e. The van der Waals surface area contributed by atoms with Gasteiger partial charge in [0.15, 0.2) is 0 Å². The summed E-state index contributed by atoms with van der Waals surface area (Å²) in [7, 11) is -3.84. The molecule has 1 fully saturated rings. The first kappa shape index (κ1) is 20.5. The third-order valence-corrected chi connectivity index (χ3v) is 7.40. The predicted octanol–water partition coefficient (Wildman–Crippen LogP) is 2.58. The molecule has 0 spiro atoms. The average Bonchev–Trinajstić information content (AvgIpc) is 3.35. The zero-order valence-corrected chi connectivity index (χ0v) is 18.1. The Morgan fingerprint density at radius 1 is 1.20 bits per heavy atom. The second-order valence-corrected chi connectivity index (χ2v) is 9.99. The maximum atomic E-state index is 12.7. The Morgan fingerprint density at radius 3 is 2.67 bits per heavy atom. The molecule has 3 aromatic rings. The highest BCUT2D eigenvalue weighted by atomic mass is 32.2. The molecule has 1 aliphatic rings. The first-order valence-corrected chi connectivity index (χ1v) is 12.0. The quantitative estimate of drug-likeness (QED) is 0.627. The Balaban J connectivity index is 1.55. The van der Waals surface area contributed by atoms with E-state index >= 15 is 0 Å². The zero-order valence-electron chi connectivity index (χ0n) is 16.5. The number of hydrogen-bond donors (Lipinski definition) is 1. The number of rotatable bonds is 6. The van der Waals surface area contributed by atoms with Crippen molar-refractivity contribution in [1.29, 1.82) is 0 Å². The van der Waals surface area contributed by atoms with E-state index in [-0.39, 0.29) is 34.5 Å². The topological polar surface area (TPSA) is 101 Å². The Kier molecular flexibility index (Phi) is 5.61. The fourth-order valence-electron chi connectivity index (χ4n) is 3.48. The van der Waals surface area contributed by atoms with Gasteiger partial charge in [-0.25, -0.2) is 13.4 Å². The third kappa shape index (κ3) is 4.24. The number of likely N-dealkylation sites (tertiary alicyclic amines) is 1. The Bertz CT molecular complexity index is 1240. The van der Waals surface area contributed by atoms with E-state index in [0.717, 1.165) is 42.8 Å². The van der Waals surface area contributed by atoms with Gasteiger partial charge in [0.25, 0.3) is 10.0 Å². The van der Waals surface area contributed by atoms with Crippen LogP contribution in [0.15, 0.2) is 46.2 Å². The lowest BCUT2D eigenvalue weighted by atomic mass is 10.3. The number of amides is 1. The number of carbonyl (C=O) groups excluding carboxylic acids is 1. The van der Waals surface area contributed by atoms with Crippen LogP contribution < -0.4 is 9.60 Å². The van der Waals surface area contributed by atoms with Gasteiger partial charge >= 0.3 is 4.87 Å². The molecule has 0 atom stereocenters. The molecule has 0 bridgehead atoms. The molecule has 3 heterocycles. The second kappa shape index (κ2) is 8.19. The summed E-state index contributed by atoms with van der Waals surface area (Å²) in [5.41, 5.74) is 1.56. The van der Waals surface area contributed by atoms with Crippen LogP contribution in [0.4, 0.5) is 5.82 Å². The number of thiazole rings is 1. The highest BCUT2D eigenvalue weighted by Crippen LogP contribution is 2.23. The van der Waals surface area contributed by atoms with Crippen LogP contribution in [0.5, 0.6) is 0 Å². The van der Waals surface area contributed by atoms with Crippen molar-refractivity contribution in [1.82, 2.24) is 14.5 Å². The van der Waals surface area contributed by atoms with Gasteiger partial charge < -0.3 is 4.90 Å². The molecular formula is C20H22N4O4S2. The van der Waals surface area contributed by atoms with E-state index in [4.69, 9.17) is 0 Å². The number of sulfonamides is 1. The van der Waals surface area contributed by atoms with E-state index in [1.165, 1.54) is 12.1 Å². The number of anilines is 1. The van der Waals surface area contributed by atoms with Crippen LogP contribution in [0.25, 0.3) is 10.2 Å². The summed E-state index contributed by atoms with van der Waals surface area (Å²) in [6.45, 7) is 3.71. The molecule has 30 heavy (non-hydrogen) atoms. The van der Waals surface area contributed by atoms with Crippen LogP contribution in [-0.4, -0.2) is 41.9 Å². The average molecular weight is 447 g/mol. The molecule has 4 rings (SSSR count). The smallest absolute Gasteiger partial charge is 0.308 e.